The SMILES string of the molecule is CN(C)S(=O)(=O)c1cccc(NC(=S)NCc2ccc(C[NH+](C)C)cc2)c1. The predicted molar refractivity (Wildman–Crippen MR) is 113 cm³/mol. The minimum Gasteiger partial charge on any atom is -0.358 e. The molecular weight excluding hydrogens is 380 g/mol. The third-order valence-corrected chi connectivity index (χ3v) is 5.96. The van der Waals surface area contributed by atoms with Gasteiger partial charge in [0, 0.05) is 31.9 Å². The minimum atomic E-state index is -3.48. The topological polar surface area (TPSA) is 65.9 Å². The van der Waals surface area contributed by atoms with Gasteiger partial charge >= 0.3 is 0 Å². The van der Waals surface area contributed by atoms with Crippen molar-refractivity contribution in [2.24, 2.45) is 0 Å². The van der Waals surface area contributed by atoms with Gasteiger partial charge in [0.15, 0.2) is 5.11 Å². The van der Waals surface area contributed by atoms with E-state index in [0.717, 1.165) is 12.1 Å². The van der Waals surface area contributed by atoms with E-state index in [9.17, 15) is 8.42 Å². The molecule has 0 unspecified atom stereocenters. The molecule has 0 heterocycles. The van der Waals surface area contributed by atoms with Gasteiger partial charge in [-0.2, -0.15) is 0 Å². The van der Waals surface area contributed by atoms with Gasteiger partial charge in [-0.25, -0.2) is 12.7 Å². The molecule has 0 aliphatic rings. The van der Waals surface area contributed by atoms with Crippen LogP contribution in [0.4, 0.5) is 5.69 Å². The van der Waals surface area contributed by atoms with Gasteiger partial charge in [-0.05, 0) is 36.0 Å². The summed E-state index contributed by atoms with van der Waals surface area (Å²) in [5.74, 6) is 0. The smallest absolute Gasteiger partial charge is 0.242 e. The van der Waals surface area contributed by atoms with Crippen LogP contribution in [0.15, 0.2) is 53.4 Å². The second-order valence-electron chi connectivity index (χ2n) is 6.82. The Labute approximate surface area is 167 Å². The predicted octanol–water partition coefficient (Wildman–Crippen LogP) is 1.07. The van der Waals surface area contributed by atoms with E-state index in [1.807, 2.05) is 0 Å². The van der Waals surface area contributed by atoms with E-state index in [-0.39, 0.29) is 4.90 Å². The molecule has 0 atom stereocenters. The average molecular weight is 408 g/mol. The molecule has 0 radical (unpaired) electrons. The molecular formula is C19H27N4O2S2+. The second-order valence-corrected chi connectivity index (χ2v) is 9.38. The third-order valence-electron chi connectivity index (χ3n) is 3.90. The lowest BCUT2D eigenvalue weighted by Crippen LogP contribution is -3.04. The van der Waals surface area contributed by atoms with Crippen molar-refractivity contribution in [3.05, 3.63) is 59.7 Å². The Morgan fingerprint density at radius 2 is 1.70 bits per heavy atom. The molecule has 0 bridgehead atoms. The van der Waals surface area contributed by atoms with E-state index >= 15 is 0 Å². The summed E-state index contributed by atoms with van der Waals surface area (Å²) in [6, 6.07) is 15.0. The number of nitrogens with one attached hydrogen (secondary N) is 3. The lowest BCUT2D eigenvalue weighted by Gasteiger charge is -2.14. The van der Waals surface area contributed by atoms with E-state index in [0.29, 0.717) is 17.3 Å². The number of nitrogens with zero attached hydrogens (tertiary/aromatic N) is 1. The summed E-state index contributed by atoms with van der Waals surface area (Å²) in [5, 5.41) is 6.62. The summed E-state index contributed by atoms with van der Waals surface area (Å²) in [7, 11) is 3.78. The standard InChI is InChI=1S/C19H26N4O2S2/c1-22(2)14-16-10-8-15(9-11-16)13-20-19(26)21-17-6-5-7-18(12-17)27(24,25)23(3)4/h5-12H,13-14H2,1-4H3,(H2,20,21,26)/p+1. The normalized spacial score (nSPS) is 11.6. The van der Waals surface area contributed by atoms with E-state index in [2.05, 4.69) is 49.0 Å². The first kappa shape index (κ1) is 21.3. The van der Waals surface area contributed by atoms with Crippen molar-refractivity contribution >= 4 is 33.0 Å². The minimum absolute atomic E-state index is 0.221. The molecule has 0 amide bonds. The molecule has 0 aliphatic carbocycles. The van der Waals surface area contributed by atoms with Crippen LogP contribution in [0.1, 0.15) is 11.1 Å². The number of benzene rings is 2. The molecule has 8 heteroatoms. The Morgan fingerprint density at radius 3 is 2.30 bits per heavy atom. The second kappa shape index (κ2) is 9.27. The summed E-state index contributed by atoms with van der Waals surface area (Å²) in [4.78, 5) is 1.60. The quantitative estimate of drug-likeness (QED) is 0.599. The maximum absolute atomic E-state index is 12.2. The molecule has 27 heavy (non-hydrogen) atoms. The summed E-state index contributed by atoms with van der Waals surface area (Å²) >= 11 is 5.32. The molecule has 6 nitrogen and oxygen atoms in total. The number of rotatable bonds is 7. The van der Waals surface area contributed by atoms with E-state index < -0.39 is 10.0 Å². The number of hydrogen-bond donors (Lipinski definition) is 3. The van der Waals surface area contributed by atoms with Crippen LogP contribution in [-0.2, 0) is 23.1 Å². The van der Waals surface area contributed by atoms with Crippen LogP contribution in [-0.4, -0.2) is 46.0 Å². The van der Waals surface area contributed by atoms with Crippen molar-refractivity contribution in [2.45, 2.75) is 18.0 Å². The highest BCUT2D eigenvalue weighted by Gasteiger charge is 2.17. The first-order valence-corrected chi connectivity index (χ1v) is 10.5. The molecule has 0 saturated heterocycles. The highest BCUT2D eigenvalue weighted by Crippen LogP contribution is 2.17. The van der Waals surface area contributed by atoms with Crippen LogP contribution in [0.2, 0.25) is 0 Å². The molecule has 3 N–H and O–H groups in total. The summed E-state index contributed by atoms with van der Waals surface area (Å²) in [6.07, 6.45) is 0. The summed E-state index contributed by atoms with van der Waals surface area (Å²) in [5.41, 5.74) is 3.04. The Bertz CT molecular complexity index is 879. The van der Waals surface area contributed by atoms with Gasteiger partial charge in [-0.15, -0.1) is 0 Å². The van der Waals surface area contributed by atoms with Gasteiger partial charge in [-0.1, -0.05) is 30.3 Å². The molecule has 0 saturated carbocycles. The molecule has 2 aromatic rings. The molecule has 2 aromatic carbocycles. The molecule has 0 spiro atoms. The number of quaternary nitrogens is 1. The van der Waals surface area contributed by atoms with E-state index in [1.54, 1.807) is 24.3 Å². The van der Waals surface area contributed by atoms with E-state index in [4.69, 9.17) is 12.2 Å². The van der Waals surface area contributed by atoms with Crippen molar-refractivity contribution in [3.63, 3.8) is 0 Å². The number of hydrogen-bond acceptors (Lipinski definition) is 3. The summed E-state index contributed by atoms with van der Waals surface area (Å²) in [6.45, 7) is 1.58. The first-order valence-electron chi connectivity index (χ1n) is 8.63. The van der Waals surface area contributed by atoms with Gasteiger partial charge < -0.3 is 15.5 Å². The molecule has 0 fully saturated rings. The largest absolute Gasteiger partial charge is 0.358 e. The lowest BCUT2D eigenvalue weighted by molar-refractivity contribution is -0.872. The monoisotopic (exact) mass is 407 g/mol. The highest BCUT2D eigenvalue weighted by atomic mass is 32.2. The number of thiocarbonyl (C=S) groups is 1. The Balaban J connectivity index is 1.94. The molecule has 0 aliphatic heterocycles. The zero-order valence-electron chi connectivity index (χ0n) is 16.1. The van der Waals surface area contributed by atoms with Crippen LogP contribution < -0.4 is 15.5 Å². The first-order chi connectivity index (χ1) is 12.7. The van der Waals surface area contributed by atoms with Crippen LogP contribution in [0.3, 0.4) is 0 Å². The van der Waals surface area contributed by atoms with Crippen molar-refractivity contribution in [1.29, 1.82) is 0 Å². The van der Waals surface area contributed by atoms with Crippen LogP contribution >= 0.6 is 12.2 Å². The van der Waals surface area contributed by atoms with Gasteiger partial charge in [0.1, 0.15) is 6.54 Å². The van der Waals surface area contributed by atoms with Gasteiger partial charge in [0.25, 0.3) is 0 Å². The van der Waals surface area contributed by atoms with Crippen molar-refractivity contribution in [2.75, 3.05) is 33.5 Å². The van der Waals surface area contributed by atoms with Crippen molar-refractivity contribution in [1.82, 2.24) is 9.62 Å². The third kappa shape index (κ3) is 6.28. The Kier molecular flexibility index (Phi) is 7.32. The Hall–Kier alpha value is -2.00. The molecule has 2 rings (SSSR count). The zero-order chi connectivity index (χ0) is 20.0. The molecule has 0 aromatic heterocycles. The average Bonchev–Trinajstić information content (AvgIpc) is 2.61. The fraction of sp³-hybridized carbons (Fsp3) is 0.316. The van der Waals surface area contributed by atoms with Crippen LogP contribution in [0.25, 0.3) is 0 Å². The highest BCUT2D eigenvalue weighted by molar-refractivity contribution is 7.89. The van der Waals surface area contributed by atoms with Crippen LogP contribution in [0.5, 0.6) is 0 Å². The fourth-order valence-electron chi connectivity index (χ4n) is 2.49. The van der Waals surface area contributed by atoms with Crippen molar-refractivity contribution < 1.29 is 13.3 Å². The van der Waals surface area contributed by atoms with Crippen LogP contribution in [0, 0.1) is 0 Å². The van der Waals surface area contributed by atoms with E-state index in [1.165, 1.54) is 28.9 Å². The Morgan fingerprint density at radius 1 is 1.07 bits per heavy atom. The number of anilines is 1. The molecule has 146 valence electrons. The fourth-order valence-corrected chi connectivity index (χ4v) is 3.62. The number of sulfonamides is 1. The van der Waals surface area contributed by atoms with Gasteiger partial charge in [0.05, 0.1) is 19.0 Å². The maximum Gasteiger partial charge on any atom is 0.242 e. The van der Waals surface area contributed by atoms with Gasteiger partial charge in [0.2, 0.25) is 10.0 Å². The lowest BCUT2D eigenvalue weighted by atomic mass is 10.1. The van der Waals surface area contributed by atoms with Gasteiger partial charge in [-0.3, -0.25) is 0 Å². The maximum atomic E-state index is 12.2. The zero-order valence-corrected chi connectivity index (χ0v) is 17.7. The van der Waals surface area contributed by atoms with Crippen molar-refractivity contribution in [3.8, 4) is 0 Å². The summed E-state index contributed by atoms with van der Waals surface area (Å²) < 4.78 is 25.6.